The molecule has 0 radical (unpaired) electrons. The number of aryl methyl sites for hydroxylation is 3. The van der Waals surface area contributed by atoms with E-state index in [1.807, 2.05) is 128 Å². The van der Waals surface area contributed by atoms with E-state index < -0.39 is 0 Å². The lowest BCUT2D eigenvalue weighted by Gasteiger charge is -2.40. The van der Waals surface area contributed by atoms with Crippen LogP contribution in [0.3, 0.4) is 0 Å². The summed E-state index contributed by atoms with van der Waals surface area (Å²) in [7, 11) is 0. The van der Waals surface area contributed by atoms with E-state index in [0.717, 1.165) is 152 Å². The fraction of sp³-hybridized carbons (Fsp3) is 0.415. The molecule has 17 nitrogen and oxygen atoms in total. The van der Waals surface area contributed by atoms with Crippen LogP contribution in [-0.4, -0.2) is 95.3 Å². The number of rotatable bonds is 19. The van der Waals surface area contributed by atoms with Gasteiger partial charge in [0.25, 0.3) is 11.8 Å². The van der Waals surface area contributed by atoms with Crippen molar-refractivity contribution in [3.63, 3.8) is 0 Å². The van der Waals surface area contributed by atoms with Crippen LogP contribution < -0.4 is 44.2 Å². The normalized spacial score (nSPS) is 23.3. The molecule has 4 heterocycles. The van der Waals surface area contributed by atoms with Crippen LogP contribution in [0.1, 0.15) is 180 Å². The molecule has 0 atom stereocenters. The molecule has 8 aromatic rings. The summed E-state index contributed by atoms with van der Waals surface area (Å²) in [5, 5.41) is 19.5. The number of hydrogen-bond donors (Lipinski definition) is 8. The molecule has 1 aliphatic heterocycles. The molecule has 4 aliphatic carbocycles. The van der Waals surface area contributed by atoms with Crippen molar-refractivity contribution in [2.45, 2.75) is 188 Å². The van der Waals surface area contributed by atoms with Crippen molar-refractivity contribution in [2.24, 2.45) is 27.9 Å². The van der Waals surface area contributed by atoms with Gasteiger partial charge in [-0.15, -0.1) is 0 Å². The molecule has 12 N–H and O–H groups in total. The predicted molar refractivity (Wildman–Crippen MR) is 414 cm³/mol. The molecule has 0 spiro atoms. The number of hydrogen-bond acceptors (Lipinski definition) is 13. The molecule has 103 heavy (non-hydrogen) atoms. The molecule has 544 valence electrons. The van der Waals surface area contributed by atoms with E-state index in [2.05, 4.69) is 65.6 Å². The quantitative estimate of drug-likeness (QED) is 0.0375. The minimum absolute atomic E-state index is 0.0205. The Morgan fingerprint density at radius 2 is 0.874 bits per heavy atom. The Balaban J connectivity index is 0.000000148. The number of fused-ring (bicyclic) bond motifs is 1. The zero-order valence-corrected chi connectivity index (χ0v) is 62.1. The standard InChI is InChI=1S/C22H24ClN3O.C21H26ClN3O.C20H24ClN3O.C19H24ClN3O2/c23-18-3-1-2-17(13-18)22(14-24)9-6-19(7-10-22)26-21(27)16-5-4-15-8-11-25-20(15)12-16;22-18-5-1-4-17(13-18)21(15-23)10-8-19(9-11-21)25-20(26)7-6-16-3-2-12-24-14-16;21-17-5-1-4-16(12-17)20(14-22)8-6-18(7-9-20)24-19(25)11-15-3-2-10-23-13-15;1-12-17(13(2)25-23-12)18(24)22-16-6-8-19(11-21,9-7-16)14-4-3-5-15(20)10-14/h1-5,11-13,19H,6-10,14,24H2,(H,26,27);1-5,12-14,19H,6-11,15,23H2,(H,25,26);1-5,10,12-13,18H,6-9,11,14,22H2,(H,24,25);3-5,10,16H,6-9,11,21H2,1-2H3,(H,22,24). The van der Waals surface area contributed by atoms with Gasteiger partial charge in [-0.25, -0.2) is 0 Å². The molecule has 4 saturated carbocycles. The van der Waals surface area contributed by atoms with Gasteiger partial charge < -0.3 is 48.7 Å². The molecule has 3 aromatic heterocycles. The van der Waals surface area contributed by atoms with E-state index in [0.29, 0.717) is 61.6 Å². The second-order valence-corrected chi connectivity index (χ2v) is 30.4. The summed E-state index contributed by atoms with van der Waals surface area (Å²) < 4.78 is 5.09. The molecule has 21 heteroatoms. The average molecular weight is 1470 g/mol. The Hall–Kier alpha value is -7.84. The maximum atomic E-state index is 12.7. The second-order valence-electron chi connectivity index (χ2n) is 28.6. The average Bonchev–Trinajstić information content (AvgIpc) is 1.62. The van der Waals surface area contributed by atoms with Crippen LogP contribution in [0.25, 0.3) is 0 Å². The van der Waals surface area contributed by atoms with Crippen molar-refractivity contribution in [1.29, 1.82) is 0 Å². The van der Waals surface area contributed by atoms with E-state index in [1.54, 1.807) is 32.4 Å². The Morgan fingerprint density at radius 3 is 1.25 bits per heavy atom. The van der Waals surface area contributed by atoms with Gasteiger partial charge in [0.05, 0.1) is 17.8 Å². The Bertz CT molecular complexity index is 4120. The number of carbonyl (C=O) groups excluding carboxylic acids is 4. The Labute approximate surface area is 626 Å². The summed E-state index contributed by atoms with van der Waals surface area (Å²) in [6.45, 7) is 5.92. The Kier molecular flexibility index (Phi) is 27.7. The number of halogens is 4. The van der Waals surface area contributed by atoms with Crippen LogP contribution >= 0.6 is 46.4 Å². The van der Waals surface area contributed by atoms with Gasteiger partial charge in [0, 0.05) is 142 Å². The summed E-state index contributed by atoms with van der Waals surface area (Å²) in [4.78, 5) is 62.1. The van der Waals surface area contributed by atoms with E-state index in [1.165, 1.54) is 27.8 Å². The third-order valence-electron chi connectivity index (χ3n) is 22.1. The first-order valence-corrected chi connectivity index (χ1v) is 37.7. The van der Waals surface area contributed by atoms with E-state index >= 15 is 0 Å². The molecule has 5 aliphatic rings. The first kappa shape index (κ1) is 77.8. The maximum absolute atomic E-state index is 12.7. The van der Waals surface area contributed by atoms with Crippen LogP contribution in [0.4, 0.5) is 5.69 Å². The first-order chi connectivity index (χ1) is 49.8. The summed E-state index contributed by atoms with van der Waals surface area (Å²) in [6, 6.07) is 46.2. The first-order valence-electron chi connectivity index (χ1n) is 36.2. The SMILES string of the molecule is Cc1noc(C)c1C(=O)NC1CCC(CN)(c2cccc(Cl)c2)CC1.NCC1(c2cccc(Cl)c2)CCC(NC(=O)CCc2cccnc2)CC1.NCC1(c2cccc(Cl)c2)CCC(NC(=O)Cc2cccnc2)CC1.NCC1(c2cccc(Cl)c2)CCC(NC(=O)c2ccc3c(c2)N=CC3)CC1. The van der Waals surface area contributed by atoms with Crippen LogP contribution in [0.5, 0.6) is 0 Å². The number of pyridine rings is 2. The van der Waals surface area contributed by atoms with E-state index in [-0.39, 0.29) is 69.5 Å². The molecule has 0 unspecified atom stereocenters. The number of carbonyl (C=O) groups is 4. The second kappa shape index (κ2) is 36.7. The number of aliphatic imine (C=N–C) groups is 1. The van der Waals surface area contributed by atoms with Gasteiger partial charge in [-0.3, -0.25) is 34.1 Å². The molecule has 0 bridgehead atoms. The largest absolute Gasteiger partial charge is 0.361 e. The zero-order valence-electron chi connectivity index (χ0n) is 59.1. The van der Waals surface area contributed by atoms with Crippen molar-refractivity contribution < 1.29 is 23.7 Å². The predicted octanol–water partition coefficient (Wildman–Crippen LogP) is 14.5. The number of benzene rings is 5. The highest BCUT2D eigenvalue weighted by Gasteiger charge is 2.40. The van der Waals surface area contributed by atoms with Crippen molar-refractivity contribution >= 4 is 81.9 Å². The fourth-order valence-corrected chi connectivity index (χ4v) is 16.4. The minimum Gasteiger partial charge on any atom is -0.361 e. The molecule has 4 fully saturated rings. The van der Waals surface area contributed by atoms with Gasteiger partial charge in [-0.1, -0.05) is 118 Å². The number of nitrogens with zero attached hydrogens (tertiary/aromatic N) is 4. The highest BCUT2D eigenvalue weighted by atomic mass is 35.5. The Morgan fingerprint density at radius 1 is 0.476 bits per heavy atom. The molecular weight excluding hydrogens is 1370 g/mol. The van der Waals surface area contributed by atoms with E-state index in [9.17, 15) is 19.2 Å². The highest BCUT2D eigenvalue weighted by Crippen LogP contribution is 2.44. The van der Waals surface area contributed by atoms with Crippen LogP contribution in [0.2, 0.25) is 20.1 Å². The van der Waals surface area contributed by atoms with Crippen molar-refractivity contribution in [3.8, 4) is 0 Å². The fourth-order valence-electron chi connectivity index (χ4n) is 15.6. The number of amides is 4. The van der Waals surface area contributed by atoms with Crippen molar-refractivity contribution in [2.75, 3.05) is 26.2 Å². The lowest BCUT2D eigenvalue weighted by Crippen LogP contribution is -2.45. The summed E-state index contributed by atoms with van der Waals surface area (Å²) >= 11 is 24.7. The van der Waals surface area contributed by atoms with Crippen molar-refractivity contribution in [3.05, 3.63) is 246 Å². The van der Waals surface area contributed by atoms with Crippen LogP contribution in [0.15, 0.2) is 174 Å². The lowest BCUT2D eigenvalue weighted by molar-refractivity contribution is -0.122. The molecule has 13 rings (SSSR count). The van der Waals surface area contributed by atoms with Gasteiger partial charge in [-0.2, -0.15) is 0 Å². The maximum Gasteiger partial charge on any atom is 0.257 e. The van der Waals surface area contributed by atoms with Gasteiger partial charge in [-0.05, 0) is 235 Å². The molecule has 4 amide bonds. The van der Waals surface area contributed by atoms with Crippen LogP contribution in [0, 0.1) is 13.8 Å². The van der Waals surface area contributed by atoms with Crippen LogP contribution in [-0.2, 0) is 50.5 Å². The van der Waals surface area contributed by atoms with E-state index in [4.69, 9.17) is 73.9 Å². The summed E-state index contributed by atoms with van der Waals surface area (Å²) in [5.41, 5.74) is 35.2. The number of aromatic nitrogens is 3. The van der Waals surface area contributed by atoms with Crippen molar-refractivity contribution in [1.82, 2.24) is 36.4 Å². The third-order valence-corrected chi connectivity index (χ3v) is 23.0. The smallest absolute Gasteiger partial charge is 0.257 e. The summed E-state index contributed by atoms with van der Waals surface area (Å²) in [5.74, 6) is 0.598. The van der Waals surface area contributed by atoms with Gasteiger partial charge in [0.1, 0.15) is 11.3 Å². The van der Waals surface area contributed by atoms with Gasteiger partial charge >= 0.3 is 0 Å². The highest BCUT2D eigenvalue weighted by molar-refractivity contribution is 6.31. The third kappa shape index (κ3) is 20.6. The molecule has 0 saturated heterocycles. The minimum atomic E-state index is -0.107. The van der Waals surface area contributed by atoms with Gasteiger partial charge in [0.2, 0.25) is 11.8 Å². The number of nitrogens with one attached hydrogen (secondary N) is 4. The topological polar surface area (TPSA) is 285 Å². The monoisotopic (exact) mass is 1470 g/mol. The number of nitrogens with two attached hydrogens (primary N) is 4. The summed E-state index contributed by atoms with van der Waals surface area (Å²) in [6.07, 6.45) is 26.3. The lowest BCUT2D eigenvalue weighted by atomic mass is 9.68. The molecular formula is C82H98Cl4N12O5. The molecule has 5 aromatic carbocycles. The van der Waals surface area contributed by atoms with Gasteiger partial charge in [0.15, 0.2) is 0 Å². The zero-order chi connectivity index (χ0) is 73.0.